The van der Waals surface area contributed by atoms with E-state index in [0.29, 0.717) is 12.0 Å². The van der Waals surface area contributed by atoms with Crippen molar-refractivity contribution >= 4 is 11.9 Å². The number of esters is 1. The van der Waals surface area contributed by atoms with E-state index in [1.807, 2.05) is 42.5 Å². The molecule has 1 unspecified atom stereocenters. The van der Waals surface area contributed by atoms with Crippen molar-refractivity contribution in [2.24, 2.45) is 5.73 Å². The average Bonchev–Trinajstić information content (AvgIpc) is 2.48. The third-order valence-electron chi connectivity index (χ3n) is 3.16. The normalized spacial score (nSPS) is 11.7. The highest BCUT2D eigenvalue weighted by Gasteiger charge is 2.18. The van der Waals surface area contributed by atoms with Gasteiger partial charge in [-0.05, 0) is 30.5 Å². The van der Waals surface area contributed by atoms with Gasteiger partial charge in [-0.2, -0.15) is 0 Å². The Hall–Kier alpha value is -2.62. The minimum absolute atomic E-state index is 0.453. The minimum atomic E-state index is -0.942. The van der Waals surface area contributed by atoms with Gasteiger partial charge in [0.05, 0.1) is 5.56 Å². The summed E-state index contributed by atoms with van der Waals surface area (Å²) in [6.07, 6.45) is -0.320. The summed E-state index contributed by atoms with van der Waals surface area (Å²) in [5.41, 5.74) is 7.51. The molecule has 4 heteroatoms. The first kappa shape index (κ1) is 14.8. The van der Waals surface area contributed by atoms with Crippen molar-refractivity contribution in [2.75, 3.05) is 0 Å². The third-order valence-corrected chi connectivity index (χ3v) is 3.16. The zero-order chi connectivity index (χ0) is 15.2. The lowest BCUT2D eigenvalue weighted by Crippen LogP contribution is -2.30. The van der Waals surface area contributed by atoms with Crippen molar-refractivity contribution in [1.29, 1.82) is 0 Å². The number of carbonyl (C=O) groups excluding carboxylic acids is 2. The number of amides is 1. The number of carbonyl (C=O) groups is 2. The van der Waals surface area contributed by atoms with E-state index in [9.17, 15) is 9.59 Å². The largest absolute Gasteiger partial charge is 0.449 e. The van der Waals surface area contributed by atoms with Gasteiger partial charge >= 0.3 is 5.97 Å². The summed E-state index contributed by atoms with van der Waals surface area (Å²) in [6.45, 7) is 1.46. The number of ether oxygens (including phenoxy) is 1. The van der Waals surface area contributed by atoms with Gasteiger partial charge in [-0.1, -0.05) is 48.5 Å². The number of nitrogens with two attached hydrogens (primary N) is 1. The van der Waals surface area contributed by atoms with Gasteiger partial charge in [0, 0.05) is 0 Å². The SMILES string of the molecule is CC(OC(=O)c1ccccc1Cc1ccccc1)C(N)=O. The molecule has 0 aliphatic heterocycles. The molecule has 2 N–H and O–H groups in total. The topological polar surface area (TPSA) is 69.4 Å². The molecule has 0 bridgehead atoms. The second kappa shape index (κ2) is 6.70. The van der Waals surface area contributed by atoms with Crippen LogP contribution in [0.1, 0.15) is 28.4 Å². The molecule has 0 saturated carbocycles. The molecule has 2 rings (SSSR count). The molecule has 1 amide bonds. The van der Waals surface area contributed by atoms with Crippen LogP contribution in [0.25, 0.3) is 0 Å². The first-order chi connectivity index (χ1) is 10.1. The predicted molar refractivity (Wildman–Crippen MR) is 79.8 cm³/mol. The van der Waals surface area contributed by atoms with Crippen LogP contribution in [0.15, 0.2) is 54.6 Å². The van der Waals surface area contributed by atoms with Crippen LogP contribution in [0.3, 0.4) is 0 Å². The van der Waals surface area contributed by atoms with Gasteiger partial charge in [0.1, 0.15) is 0 Å². The Morgan fingerprint density at radius 1 is 1.05 bits per heavy atom. The fraction of sp³-hybridized carbons (Fsp3) is 0.176. The molecule has 0 aliphatic rings. The fourth-order valence-electron chi connectivity index (χ4n) is 1.97. The van der Waals surface area contributed by atoms with E-state index in [1.54, 1.807) is 12.1 Å². The van der Waals surface area contributed by atoms with Gasteiger partial charge < -0.3 is 10.5 Å². The van der Waals surface area contributed by atoms with Crippen LogP contribution in [0.2, 0.25) is 0 Å². The summed E-state index contributed by atoms with van der Waals surface area (Å²) in [4.78, 5) is 23.1. The molecule has 0 saturated heterocycles. The Labute approximate surface area is 123 Å². The van der Waals surface area contributed by atoms with E-state index in [-0.39, 0.29) is 0 Å². The Balaban J connectivity index is 2.20. The summed E-state index contributed by atoms with van der Waals surface area (Å²) >= 11 is 0. The number of primary amides is 1. The van der Waals surface area contributed by atoms with Crippen molar-refractivity contribution in [3.05, 3.63) is 71.3 Å². The molecule has 2 aromatic rings. The highest BCUT2D eigenvalue weighted by atomic mass is 16.5. The van der Waals surface area contributed by atoms with Gasteiger partial charge in [0.25, 0.3) is 5.91 Å². The molecule has 1 atom stereocenters. The molecule has 2 aromatic carbocycles. The summed E-state index contributed by atoms with van der Waals surface area (Å²) in [5.74, 6) is -1.20. The summed E-state index contributed by atoms with van der Waals surface area (Å²) in [7, 11) is 0. The van der Waals surface area contributed by atoms with E-state index >= 15 is 0 Å². The maximum atomic E-state index is 12.1. The molecule has 0 heterocycles. The fourth-order valence-corrected chi connectivity index (χ4v) is 1.97. The van der Waals surface area contributed by atoms with E-state index in [0.717, 1.165) is 11.1 Å². The second-order valence-electron chi connectivity index (χ2n) is 4.77. The smallest absolute Gasteiger partial charge is 0.339 e. The van der Waals surface area contributed by atoms with E-state index < -0.39 is 18.0 Å². The minimum Gasteiger partial charge on any atom is -0.449 e. The number of hydrogen-bond donors (Lipinski definition) is 1. The van der Waals surface area contributed by atoms with Crippen molar-refractivity contribution in [3.63, 3.8) is 0 Å². The zero-order valence-corrected chi connectivity index (χ0v) is 11.8. The molecular weight excluding hydrogens is 266 g/mol. The summed E-state index contributed by atoms with van der Waals surface area (Å²) in [5, 5.41) is 0. The molecule has 0 aromatic heterocycles. The quantitative estimate of drug-likeness (QED) is 0.856. The molecule has 0 radical (unpaired) electrons. The van der Waals surface area contributed by atoms with Gasteiger partial charge in [-0.3, -0.25) is 4.79 Å². The molecule has 21 heavy (non-hydrogen) atoms. The molecule has 0 fully saturated rings. The monoisotopic (exact) mass is 283 g/mol. The predicted octanol–water partition coefficient (Wildman–Crippen LogP) is 2.31. The maximum Gasteiger partial charge on any atom is 0.339 e. The Bertz CT molecular complexity index is 637. The lowest BCUT2D eigenvalue weighted by atomic mass is 10.00. The highest BCUT2D eigenvalue weighted by Crippen LogP contribution is 2.16. The van der Waals surface area contributed by atoms with E-state index in [2.05, 4.69) is 0 Å². The lowest BCUT2D eigenvalue weighted by molar-refractivity contribution is -0.125. The molecule has 0 aliphatic carbocycles. The van der Waals surface area contributed by atoms with Crippen LogP contribution in [0.4, 0.5) is 0 Å². The molecule has 0 spiro atoms. The van der Waals surface area contributed by atoms with E-state index in [4.69, 9.17) is 10.5 Å². The van der Waals surface area contributed by atoms with Crippen molar-refractivity contribution in [3.8, 4) is 0 Å². The van der Waals surface area contributed by atoms with Crippen molar-refractivity contribution in [2.45, 2.75) is 19.4 Å². The van der Waals surface area contributed by atoms with E-state index in [1.165, 1.54) is 6.92 Å². The van der Waals surface area contributed by atoms with Gasteiger partial charge in [0.15, 0.2) is 6.10 Å². The summed E-state index contributed by atoms with van der Waals surface area (Å²) in [6, 6.07) is 17.0. The van der Waals surface area contributed by atoms with Gasteiger partial charge in [0.2, 0.25) is 0 Å². The molecular formula is C17H17NO3. The Kier molecular flexibility index (Phi) is 4.72. The first-order valence-electron chi connectivity index (χ1n) is 6.70. The van der Waals surface area contributed by atoms with Gasteiger partial charge in [-0.15, -0.1) is 0 Å². The van der Waals surface area contributed by atoms with Crippen LogP contribution >= 0.6 is 0 Å². The number of rotatable bonds is 5. The highest BCUT2D eigenvalue weighted by molar-refractivity contribution is 5.93. The maximum absolute atomic E-state index is 12.1. The standard InChI is InChI=1S/C17H17NO3/c1-12(16(18)19)21-17(20)15-10-6-5-9-14(15)11-13-7-3-2-4-8-13/h2-10,12H,11H2,1H3,(H2,18,19). The second-order valence-corrected chi connectivity index (χ2v) is 4.77. The number of benzene rings is 2. The van der Waals surface area contributed by atoms with Crippen LogP contribution in [0.5, 0.6) is 0 Å². The zero-order valence-electron chi connectivity index (χ0n) is 11.8. The van der Waals surface area contributed by atoms with Crippen molar-refractivity contribution < 1.29 is 14.3 Å². The van der Waals surface area contributed by atoms with Crippen LogP contribution < -0.4 is 5.73 Å². The molecule has 108 valence electrons. The first-order valence-corrected chi connectivity index (χ1v) is 6.70. The third kappa shape index (κ3) is 3.92. The Morgan fingerprint density at radius 3 is 2.33 bits per heavy atom. The van der Waals surface area contributed by atoms with Crippen LogP contribution in [-0.4, -0.2) is 18.0 Å². The van der Waals surface area contributed by atoms with Crippen LogP contribution in [0, 0.1) is 0 Å². The molecule has 4 nitrogen and oxygen atoms in total. The van der Waals surface area contributed by atoms with Crippen LogP contribution in [-0.2, 0) is 16.0 Å². The summed E-state index contributed by atoms with van der Waals surface area (Å²) < 4.78 is 5.06. The van der Waals surface area contributed by atoms with Gasteiger partial charge in [-0.25, -0.2) is 4.79 Å². The number of hydrogen-bond acceptors (Lipinski definition) is 3. The Morgan fingerprint density at radius 2 is 1.67 bits per heavy atom. The van der Waals surface area contributed by atoms with Crippen molar-refractivity contribution in [1.82, 2.24) is 0 Å². The lowest BCUT2D eigenvalue weighted by Gasteiger charge is -2.12. The average molecular weight is 283 g/mol.